The molecule has 1 aliphatic heterocycles. The molecule has 3 aliphatic rings. The van der Waals surface area contributed by atoms with Crippen molar-refractivity contribution in [1.82, 2.24) is 0 Å². The number of rotatable bonds is 9. The van der Waals surface area contributed by atoms with Crippen LogP contribution in [0.5, 0.6) is 0 Å². The Morgan fingerprint density at radius 2 is 1.89 bits per heavy atom. The molecule has 1 saturated carbocycles. The van der Waals surface area contributed by atoms with Crippen LogP contribution >= 0.6 is 0 Å². The molecule has 10 nitrogen and oxygen atoms in total. The van der Waals surface area contributed by atoms with Gasteiger partial charge in [-0.15, -0.1) is 0 Å². The van der Waals surface area contributed by atoms with Crippen molar-refractivity contribution in [2.24, 2.45) is 22.7 Å². The van der Waals surface area contributed by atoms with Gasteiger partial charge in [0.2, 0.25) is 6.29 Å². The largest absolute Gasteiger partial charge is 0.432 e. The standard InChI is InChI=1S/C26H42O10/c1-15-4-3-5-19-25(14-30,8-6-17(12-28)7-9-27)16(2)11-26(19,10-15)24(34)36-23-22(33)21(32)20(31)18(13-29)35-23/h4,7,16,18-23,27-33H,3,5-6,8-14H2,1-2H3/b17-7-/t16?,18-,19-,20-,21-,22-,23+,25-,26-/m1/s1. The summed E-state index contributed by atoms with van der Waals surface area (Å²) in [6.07, 6.45) is -0.881. The zero-order valence-corrected chi connectivity index (χ0v) is 21.1. The van der Waals surface area contributed by atoms with Gasteiger partial charge in [-0.3, -0.25) is 4.79 Å². The molecule has 2 aliphatic carbocycles. The molecule has 7 N–H and O–H groups in total. The number of carbonyl (C=O) groups is 1. The molecule has 0 aromatic carbocycles. The maximum absolute atomic E-state index is 13.9. The Balaban J connectivity index is 1.93. The Kier molecular flexibility index (Phi) is 9.73. The predicted octanol–water partition coefficient (Wildman–Crippen LogP) is -0.228. The Bertz CT molecular complexity index is 826. The molecule has 0 amide bonds. The van der Waals surface area contributed by atoms with Crippen LogP contribution < -0.4 is 0 Å². The average Bonchev–Trinajstić information content (AvgIpc) is 2.97. The van der Waals surface area contributed by atoms with Gasteiger partial charge in [-0.05, 0) is 62.9 Å². The third kappa shape index (κ3) is 5.28. The van der Waals surface area contributed by atoms with Crippen LogP contribution in [-0.2, 0) is 14.3 Å². The van der Waals surface area contributed by atoms with Gasteiger partial charge in [0.25, 0.3) is 0 Å². The molecular formula is C26H42O10. The topological polar surface area (TPSA) is 177 Å². The lowest BCUT2D eigenvalue weighted by Gasteiger charge is -2.44. The van der Waals surface area contributed by atoms with Crippen molar-refractivity contribution in [3.05, 3.63) is 23.3 Å². The van der Waals surface area contributed by atoms with Crippen LogP contribution in [0.25, 0.3) is 0 Å². The molecule has 0 aromatic heterocycles. The maximum Gasteiger partial charge on any atom is 0.315 e. The van der Waals surface area contributed by atoms with Crippen molar-refractivity contribution in [2.45, 2.75) is 83.1 Å². The summed E-state index contributed by atoms with van der Waals surface area (Å²) in [4.78, 5) is 13.9. The van der Waals surface area contributed by atoms with E-state index in [1.807, 2.05) is 13.8 Å². The highest BCUT2D eigenvalue weighted by Crippen LogP contribution is 2.64. The zero-order valence-electron chi connectivity index (χ0n) is 21.1. The van der Waals surface area contributed by atoms with E-state index in [0.29, 0.717) is 37.7 Å². The van der Waals surface area contributed by atoms with Crippen molar-refractivity contribution in [1.29, 1.82) is 0 Å². The minimum atomic E-state index is -1.69. The molecule has 206 valence electrons. The van der Waals surface area contributed by atoms with Crippen molar-refractivity contribution < 1.29 is 50.0 Å². The molecule has 0 radical (unpaired) electrons. The SMILES string of the molecule is CC1=CCC[C@H]2[C@@](C(=O)O[C@@H]3O[C@H](CO)[C@@H](O)[C@@H](O)[C@H]3O)(C1)CC(C)[C@]2(CO)CC/C(=C/CO)CO. The van der Waals surface area contributed by atoms with Gasteiger partial charge >= 0.3 is 5.97 Å². The van der Waals surface area contributed by atoms with E-state index < -0.39 is 54.1 Å². The second-order valence-corrected chi connectivity index (χ2v) is 10.8. The summed E-state index contributed by atoms with van der Waals surface area (Å²) in [5.74, 6) is -0.957. The number of aliphatic hydroxyl groups is 7. The van der Waals surface area contributed by atoms with E-state index in [-0.39, 0.29) is 31.7 Å². The minimum absolute atomic E-state index is 0.0742. The Morgan fingerprint density at radius 3 is 2.50 bits per heavy atom. The number of hydrogen-bond acceptors (Lipinski definition) is 10. The zero-order chi connectivity index (χ0) is 26.7. The minimum Gasteiger partial charge on any atom is -0.432 e. The maximum atomic E-state index is 13.9. The number of allylic oxidation sites excluding steroid dienone is 2. The second kappa shape index (κ2) is 12.0. The number of carbonyl (C=O) groups excluding carboxylic acids is 1. The molecule has 1 unspecified atom stereocenters. The second-order valence-electron chi connectivity index (χ2n) is 10.8. The first-order chi connectivity index (χ1) is 17.1. The predicted molar refractivity (Wildman–Crippen MR) is 128 cm³/mol. The summed E-state index contributed by atoms with van der Waals surface area (Å²) in [5.41, 5.74) is 0.0246. The third-order valence-corrected chi connectivity index (χ3v) is 8.82. The number of ether oxygens (including phenoxy) is 2. The lowest BCUT2D eigenvalue weighted by Crippen LogP contribution is -2.60. The highest BCUT2D eigenvalue weighted by molar-refractivity contribution is 5.79. The van der Waals surface area contributed by atoms with Gasteiger partial charge in [-0.2, -0.15) is 0 Å². The van der Waals surface area contributed by atoms with Crippen LogP contribution in [0, 0.1) is 22.7 Å². The van der Waals surface area contributed by atoms with E-state index in [1.54, 1.807) is 6.08 Å². The van der Waals surface area contributed by atoms with Crippen LogP contribution in [0.1, 0.15) is 52.4 Å². The van der Waals surface area contributed by atoms with E-state index in [2.05, 4.69) is 6.08 Å². The summed E-state index contributed by atoms with van der Waals surface area (Å²) >= 11 is 0. The first-order valence-electron chi connectivity index (χ1n) is 12.8. The average molecular weight is 515 g/mol. The summed E-state index contributed by atoms with van der Waals surface area (Å²) in [5, 5.41) is 69.8. The molecule has 0 aromatic rings. The van der Waals surface area contributed by atoms with Gasteiger partial charge in [0.1, 0.15) is 24.4 Å². The van der Waals surface area contributed by atoms with Crippen molar-refractivity contribution >= 4 is 5.97 Å². The Labute approximate surface area is 211 Å². The molecule has 9 atom stereocenters. The monoisotopic (exact) mass is 514 g/mol. The smallest absolute Gasteiger partial charge is 0.315 e. The molecule has 1 saturated heterocycles. The van der Waals surface area contributed by atoms with E-state index in [1.165, 1.54) is 0 Å². The highest BCUT2D eigenvalue weighted by atomic mass is 16.7. The van der Waals surface area contributed by atoms with Gasteiger partial charge in [0.15, 0.2) is 0 Å². The lowest BCUT2D eigenvalue weighted by atomic mass is 9.63. The number of fused-ring (bicyclic) bond motifs is 1. The Hall–Kier alpha value is -1.37. The highest BCUT2D eigenvalue weighted by Gasteiger charge is 2.64. The van der Waals surface area contributed by atoms with Crippen LogP contribution in [-0.4, -0.2) is 98.8 Å². The van der Waals surface area contributed by atoms with E-state index in [0.717, 1.165) is 12.0 Å². The van der Waals surface area contributed by atoms with Crippen LogP contribution in [0.2, 0.25) is 0 Å². The fraction of sp³-hybridized carbons (Fsp3) is 0.808. The summed E-state index contributed by atoms with van der Waals surface area (Å²) in [7, 11) is 0. The number of hydrogen-bond donors (Lipinski definition) is 7. The molecule has 0 spiro atoms. The fourth-order valence-electron chi connectivity index (χ4n) is 6.83. The normalized spacial score (nSPS) is 41.4. The van der Waals surface area contributed by atoms with Gasteiger partial charge in [-0.25, -0.2) is 0 Å². The van der Waals surface area contributed by atoms with Crippen molar-refractivity contribution in [3.63, 3.8) is 0 Å². The number of aliphatic hydroxyl groups excluding tert-OH is 7. The quantitative estimate of drug-likeness (QED) is 0.161. The van der Waals surface area contributed by atoms with Crippen LogP contribution in [0.3, 0.4) is 0 Å². The van der Waals surface area contributed by atoms with Crippen molar-refractivity contribution in [3.8, 4) is 0 Å². The van der Waals surface area contributed by atoms with E-state index in [4.69, 9.17) is 9.47 Å². The van der Waals surface area contributed by atoms with Crippen LogP contribution in [0.4, 0.5) is 0 Å². The molecule has 1 heterocycles. The number of esters is 1. The third-order valence-electron chi connectivity index (χ3n) is 8.82. The molecule has 3 rings (SSSR count). The van der Waals surface area contributed by atoms with Gasteiger partial charge in [-0.1, -0.05) is 24.6 Å². The van der Waals surface area contributed by atoms with Crippen molar-refractivity contribution in [2.75, 3.05) is 26.4 Å². The lowest BCUT2D eigenvalue weighted by molar-refractivity contribution is -0.296. The van der Waals surface area contributed by atoms with Gasteiger partial charge in [0, 0.05) is 12.0 Å². The van der Waals surface area contributed by atoms with Crippen LogP contribution in [0.15, 0.2) is 23.3 Å². The van der Waals surface area contributed by atoms with Gasteiger partial charge < -0.3 is 45.2 Å². The fourth-order valence-corrected chi connectivity index (χ4v) is 6.83. The molecular weight excluding hydrogens is 472 g/mol. The van der Waals surface area contributed by atoms with E-state index in [9.17, 15) is 40.5 Å². The molecule has 10 heteroatoms. The van der Waals surface area contributed by atoms with Gasteiger partial charge in [0.05, 0.1) is 25.2 Å². The Morgan fingerprint density at radius 1 is 1.17 bits per heavy atom. The molecule has 0 bridgehead atoms. The summed E-state index contributed by atoms with van der Waals surface area (Å²) in [6.45, 7) is 2.76. The summed E-state index contributed by atoms with van der Waals surface area (Å²) < 4.78 is 11.1. The first kappa shape index (κ1) is 29.2. The molecule has 36 heavy (non-hydrogen) atoms. The summed E-state index contributed by atoms with van der Waals surface area (Å²) in [6, 6.07) is 0. The molecule has 2 fully saturated rings. The first-order valence-corrected chi connectivity index (χ1v) is 12.8. The van der Waals surface area contributed by atoms with E-state index >= 15 is 0 Å².